The normalized spacial score (nSPS) is 32.6. The van der Waals surface area contributed by atoms with E-state index in [1.165, 1.54) is 31.9 Å². The van der Waals surface area contributed by atoms with Gasteiger partial charge in [-0.3, -0.25) is 9.36 Å². The van der Waals surface area contributed by atoms with Crippen LogP contribution >= 0.6 is 7.60 Å². The lowest BCUT2D eigenvalue weighted by atomic mass is 9.97. The molecule has 0 radical (unpaired) electrons. The van der Waals surface area contributed by atoms with Gasteiger partial charge in [0.05, 0.1) is 11.7 Å². The van der Waals surface area contributed by atoms with Crippen molar-refractivity contribution in [2.24, 2.45) is 0 Å². The van der Waals surface area contributed by atoms with Crippen molar-refractivity contribution < 1.29 is 43.9 Å². The molecule has 0 bridgehead atoms. The summed E-state index contributed by atoms with van der Waals surface area (Å²) in [6.45, 7) is 7.69. The van der Waals surface area contributed by atoms with E-state index in [1.54, 1.807) is 13.8 Å². The predicted octanol–water partition coefficient (Wildman–Crippen LogP) is -0.0761. The summed E-state index contributed by atoms with van der Waals surface area (Å²) in [4.78, 5) is 23.1. The Labute approximate surface area is 175 Å². The van der Waals surface area contributed by atoms with Gasteiger partial charge < -0.3 is 44.8 Å². The monoisotopic (exact) mass is 452 g/mol. The summed E-state index contributed by atoms with van der Waals surface area (Å²) in [5.74, 6) is -0.476. The minimum atomic E-state index is -4.45. The first-order valence-corrected chi connectivity index (χ1v) is 11.5. The molecule has 2 heterocycles. The van der Waals surface area contributed by atoms with Gasteiger partial charge in [-0.2, -0.15) is 0 Å². The second kappa shape index (κ2) is 8.84. The van der Waals surface area contributed by atoms with Gasteiger partial charge in [0.1, 0.15) is 12.2 Å². The van der Waals surface area contributed by atoms with E-state index < -0.39 is 55.3 Å². The fraction of sp³-hybridized carbons (Fsp3) is 0.833. The van der Waals surface area contributed by atoms with Crippen LogP contribution in [0.5, 0.6) is 0 Å². The Hall–Kier alpha value is -1.04. The van der Waals surface area contributed by atoms with Crippen molar-refractivity contribution in [2.75, 3.05) is 0 Å². The fourth-order valence-electron chi connectivity index (χ4n) is 3.61. The molecule has 6 atom stereocenters. The quantitative estimate of drug-likeness (QED) is 0.274. The lowest BCUT2D eigenvalue weighted by Crippen LogP contribution is -2.56. The van der Waals surface area contributed by atoms with E-state index in [2.05, 4.69) is 5.32 Å². The summed E-state index contributed by atoms with van der Waals surface area (Å²) in [5.41, 5.74) is -1.03. The highest BCUT2D eigenvalue weighted by Crippen LogP contribution is 2.60. The number of carbonyl (C=O) groups excluding carboxylic acids is 1. The summed E-state index contributed by atoms with van der Waals surface area (Å²) >= 11 is 0. The van der Waals surface area contributed by atoms with E-state index in [1.807, 2.05) is 0 Å². The van der Waals surface area contributed by atoms with Crippen LogP contribution in [-0.4, -0.2) is 78.0 Å². The molecule has 2 rings (SSSR count). The highest BCUT2D eigenvalue weighted by Gasteiger charge is 2.52. The molecular weight excluding hydrogens is 419 g/mol. The summed E-state index contributed by atoms with van der Waals surface area (Å²) in [6.07, 6.45) is -5.19. The molecule has 1 fully saturated rings. The van der Waals surface area contributed by atoms with E-state index >= 15 is 0 Å². The molecule has 0 aliphatic carbocycles. The topological polar surface area (TPSA) is 169 Å². The van der Waals surface area contributed by atoms with Gasteiger partial charge in [0.15, 0.2) is 11.6 Å². The van der Waals surface area contributed by atoms with Crippen LogP contribution in [0.1, 0.15) is 53.9 Å². The number of nitrogens with one attached hydrogen (secondary N) is 1. The van der Waals surface area contributed by atoms with Crippen molar-refractivity contribution in [3.05, 3.63) is 11.8 Å². The largest absolute Gasteiger partial charge is 0.388 e. The van der Waals surface area contributed by atoms with E-state index in [9.17, 15) is 34.7 Å². The Morgan fingerprint density at radius 1 is 1.23 bits per heavy atom. The Morgan fingerprint density at radius 2 is 1.80 bits per heavy atom. The maximum absolute atomic E-state index is 12.7. The molecule has 0 spiro atoms. The van der Waals surface area contributed by atoms with Gasteiger partial charge in [-0.25, -0.2) is 0 Å². The highest BCUT2D eigenvalue weighted by molar-refractivity contribution is 7.54. The molecule has 1 amide bonds. The second-order valence-corrected chi connectivity index (χ2v) is 10.5. The minimum Gasteiger partial charge on any atom is -0.388 e. The number of nitrogens with zero attached hydrogens (tertiary/aromatic N) is 1. The summed E-state index contributed by atoms with van der Waals surface area (Å²) in [7, 11) is -4.45. The zero-order chi connectivity index (χ0) is 23.1. The zero-order valence-electron chi connectivity index (χ0n) is 17.8. The fourth-order valence-corrected chi connectivity index (χ4v) is 5.32. The number of hydrogen-bond acceptors (Lipinski definition) is 9. The van der Waals surface area contributed by atoms with E-state index in [0.29, 0.717) is 0 Å². The average Bonchev–Trinajstić information content (AvgIpc) is 2.90. The van der Waals surface area contributed by atoms with Gasteiger partial charge in [0, 0.05) is 18.2 Å². The number of hydrogen-bond donors (Lipinski definition) is 6. The first-order valence-electron chi connectivity index (χ1n) is 9.90. The molecule has 12 heteroatoms. The standard InChI is InChI=1S/C18H33N2O9P/c1-6-18(25,7-2)30(26,27)29-17(4,5)8-11-12(21)13(22)15(28-11)20-9-10(3)14(23)19-16(20)24/h9,11-13,15-16,21-22,24-25H,6-8H2,1-5H3,(H,19,23)(H,26,27). The Kier molecular flexibility index (Phi) is 7.43. The molecule has 11 nitrogen and oxygen atoms in total. The first-order chi connectivity index (χ1) is 13.7. The molecule has 174 valence electrons. The number of amides is 1. The van der Waals surface area contributed by atoms with Crippen molar-refractivity contribution in [1.82, 2.24) is 10.2 Å². The van der Waals surface area contributed by atoms with Crippen LogP contribution < -0.4 is 5.32 Å². The molecule has 1 saturated heterocycles. The van der Waals surface area contributed by atoms with Gasteiger partial charge in [0.2, 0.25) is 6.35 Å². The number of aliphatic hydroxyl groups is 4. The average molecular weight is 452 g/mol. The van der Waals surface area contributed by atoms with Gasteiger partial charge >= 0.3 is 7.60 Å². The molecular formula is C18H33N2O9P. The van der Waals surface area contributed by atoms with Crippen LogP contribution in [-0.2, 0) is 18.6 Å². The van der Waals surface area contributed by atoms with Gasteiger partial charge in [0.25, 0.3) is 5.91 Å². The number of aliphatic hydroxyl groups excluding tert-OH is 3. The smallest absolute Gasteiger partial charge is 0.359 e. The molecule has 0 saturated carbocycles. The number of carbonyl (C=O) groups is 1. The van der Waals surface area contributed by atoms with Crippen molar-refractivity contribution in [1.29, 1.82) is 0 Å². The lowest BCUT2D eigenvalue weighted by Gasteiger charge is -2.37. The molecule has 30 heavy (non-hydrogen) atoms. The van der Waals surface area contributed by atoms with Crippen LogP contribution in [0.15, 0.2) is 11.8 Å². The maximum atomic E-state index is 12.7. The summed E-state index contributed by atoms with van der Waals surface area (Å²) in [6, 6.07) is 0. The Morgan fingerprint density at radius 3 is 2.33 bits per heavy atom. The van der Waals surface area contributed by atoms with Gasteiger partial charge in [-0.05, 0) is 33.6 Å². The molecule has 6 unspecified atom stereocenters. The van der Waals surface area contributed by atoms with E-state index in [0.717, 1.165) is 0 Å². The molecule has 2 aliphatic rings. The molecule has 6 N–H and O–H groups in total. The first kappa shape index (κ1) is 25.2. The van der Waals surface area contributed by atoms with Crippen molar-refractivity contribution in [3.63, 3.8) is 0 Å². The van der Waals surface area contributed by atoms with E-state index in [4.69, 9.17) is 9.26 Å². The van der Waals surface area contributed by atoms with Crippen LogP contribution in [0, 0.1) is 0 Å². The van der Waals surface area contributed by atoms with Crippen LogP contribution in [0.3, 0.4) is 0 Å². The maximum Gasteiger partial charge on any atom is 0.359 e. The van der Waals surface area contributed by atoms with Gasteiger partial charge in [-0.15, -0.1) is 0 Å². The number of rotatable bonds is 8. The van der Waals surface area contributed by atoms with Crippen molar-refractivity contribution >= 4 is 13.5 Å². The minimum absolute atomic E-state index is 0.0148. The zero-order valence-corrected chi connectivity index (χ0v) is 18.7. The van der Waals surface area contributed by atoms with Crippen molar-refractivity contribution in [3.8, 4) is 0 Å². The second-order valence-electron chi connectivity index (χ2n) is 8.42. The number of ether oxygens (including phenoxy) is 1. The lowest BCUT2D eigenvalue weighted by molar-refractivity contribution is -0.154. The molecule has 2 aliphatic heterocycles. The molecule has 0 aromatic rings. The summed E-state index contributed by atoms with van der Waals surface area (Å²) in [5, 5.41) is 41.8. The summed E-state index contributed by atoms with van der Waals surface area (Å²) < 4.78 is 23.8. The van der Waals surface area contributed by atoms with Crippen molar-refractivity contribution in [2.45, 2.75) is 95.7 Å². The highest BCUT2D eigenvalue weighted by atomic mass is 31.2. The SMILES string of the molecule is CCC(O)(CC)P(=O)(O)OC(C)(C)CC1OC(N2C=C(C)C(=O)NC2O)C(O)C1O. The Bertz CT molecular complexity index is 724. The third-order valence-corrected chi connectivity index (χ3v) is 8.02. The van der Waals surface area contributed by atoms with Crippen LogP contribution in [0.4, 0.5) is 0 Å². The van der Waals surface area contributed by atoms with E-state index in [-0.39, 0.29) is 24.8 Å². The van der Waals surface area contributed by atoms with Crippen LogP contribution in [0.25, 0.3) is 0 Å². The van der Waals surface area contributed by atoms with Gasteiger partial charge in [-0.1, -0.05) is 13.8 Å². The third-order valence-electron chi connectivity index (χ3n) is 5.60. The molecule has 0 aromatic heterocycles. The molecule has 0 aromatic carbocycles. The predicted molar refractivity (Wildman–Crippen MR) is 106 cm³/mol. The Balaban J connectivity index is 2.15. The van der Waals surface area contributed by atoms with Crippen LogP contribution in [0.2, 0.25) is 0 Å². The third kappa shape index (κ3) is 4.89.